The van der Waals surface area contributed by atoms with Crippen LogP contribution < -0.4 is 5.32 Å². The monoisotopic (exact) mass is 341 g/mol. The maximum atomic E-state index is 11.9. The number of hydrogen-bond donors (Lipinski definition) is 3. The number of aromatic amines is 1. The van der Waals surface area contributed by atoms with Gasteiger partial charge in [0.15, 0.2) is 5.82 Å². The molecule has 0 aliphatic heterocycles. The maximum absolute atomic E-state index is 11.9. The van der Waals surface area contributed by atoms with E-state index in [1.807, 2.05) is 44.2 Å². The third-order valence-electron chi connectivity index (χ3n) is 3.89. The minimum Gasteiger partial charge on any atom is -0.509 e. The quantitative estimate of drug-likeness (QED) is 0.552. The molecule has 2 rings (SSSR count). The van der Waals surface area contributed by atoms with Gasteiger partial charge in [0, 0.05) is 6.04 Å². The molecule has 1 heterocycles. The van der Waals surface area contributed by atoms with Crippen molar-refractivity contribution in [2.24, 2.45) is 0 Å². The zero-order valence-electron chi connectivity index (χ0n) is 14.9. The Morgan fingerprint density at radius 1 is 1.40 bits per heavy atom. The molecule has 25 heavy (non-hydrogen) atoms. The number of H-pyrrole nitrogens is 1. The molecule has 0 radical (unpaired) electrons. The Morgan fingerprint density at radius 3 is 2.68 bits per heavy atom. The van der Waals surface area contributed by atoms with E-state index < -0.39 is 6.04 Å². The summed E-state index contributed by atoms with van der Waals surface area (Å²) in [6.45, 7) is 5.61. The fraction of sp³-hybridized carbons (Fsp3) is 0.389. The van der Waals surface area contributed by atoms with Crippen LogP contribution in [0, 0.1) is 11.3 Å². The highest BCUT2D eigenvalue weighted by Crippen LogP contribution is 2.21. The molecule has 0 aliphatic carbocycles. The highest BCUT2D eigenvalue weighted by Gasteiger charge is 2.22. The average Bonchev–Trinajstić information content (AvgIpc) is 2.97. The van der Waals surface area contributed by atoms with Crippen molar-refractivity contribution in [3.05, 3.63) is 35.8 Å². The fourth-order valence-electron chi connectivity index (χ4n) is 2.45. The van der Waals surface area contributed by atoms with Crippen LogP contribution in [0.15, 0.2) is 30.0 Å². The van der Waals surface area contributed by atoms with Gasteiger partial charge in [-0.2, -0.15) is 5.26 Å². The Balaban J connectivity index is 2.25. The van der Waals surface area contributed by atoms with Gasteiger partial charge < -0.3 is 15.4 Å². The Kier molecular flexibility index (Phi) is 5.78. The third-order valence-corrected chi connectivity index (χ3v) is 3.89. The number of likely N-dealkylation sites (N-methyl/N-ethyl adjacent to an activating group) is 1. The Bertz CT molecular complexity index is 798. The van der Waals surface area contributed by atoms with Crippen LogP contribution in [0.4, 0.5) is 0 Å². The van der Waals surface area contributed by atoms with Crippen molar-refractivity contribution in [1.82, 2.24) is 20.2 Å². The molecule has 3 N–H and O–H groups in total. The standard InChI is InChI=1S/C18H23N5O2/c1-11(2)20-16(24)10-23(4)12(3)17(25)13(9-19)18-21-14-7-5-6-8-15(14)22-18/h5-8,11-12,25H,10H2,1-4H3,(H,20,24)(H,21,22)/b17-13-/t12-/m0/s1. The van der Waals surface area contributed by atoms with E-state index in [2.05, 4.69) is 15.3 Å². The molecule has 2 aromatic rings. The van der Waals surface area contributed by atoms with Gasteiger partial charge in [-0.1, -0.05) is 12.1 Å². The van der Waals surface area contributed by atoms with E-state index in [1.54, 1.807) is 18.9 Å². The highest BCUT2D eigenvalue weighted by molar-refractivity contribution is 5.83. The molecule has 0 saturated heterocycles. The summed E-state index contributed by atoms with van der Waals surface area (Å²) in [4.78, 5) is 20.9. The van der Waals surface area contributed by atoms with E-state index in [0.29, 0.717) is 5.82 Å². The Labute approximate surface area is 147 Å². The number of amides is 1. The summed E-state index contributed by atoms with van der Waals surface area (Å²) >= 11 is 0. The minimum atomic E-state index is -0.513. The highest BCUT2D eigenvalue weighted by atomic mass is 16.3. The number of rotatable bonds is 6. The largest absolute Gasteiger partial charge is 0.509 e. The predicted octanol–water partition coefficient (Wildman–Crippen LogP) is 2.20. The van der Waals surface area contributed by atoms with Gasteiger partial charge in [0.1, 0.15) is 17.4 Å². The first-order valence-electron chi connectivity index (χ1n) is 8.11. The van der Waals surface area contributed by atoms with Crippen LogP contribution in [0.3, 0.4) is 0 Å². The van der Waals surface area contributed by atoms with Gasteiger partial charge >= 0.3 is 0 Å². The minimum absolute atomic E-state index is 0.0468. The van der Waals surface area contributed by atoms with Crippen molar-refractivity contribution >= 4 is 22.5 Å². The summed E-state index contributed by atoms with van der Waals surface area (Å²) in [6, 6.07) is 8.94. The molecular formula is C18H23N5O2. The number of fused-ring (bicyclic) bond motifs is 1. The van der Waals surface area contributed by atoms with E-state index >= 15 is 0 Å². The zero-order valence-corrected chi connectivity index (χ0v) is 14.9. The number of nitrogens with one attached hydrogen (secondary N) is 2. The first kappa shape index (κ1) is 18.5. The van der Waals surface area contributed by atoms with Crippen LogP contribution in [-0.2, 0) is 4.79 Å². The molecule has 7 heteroatoms. The number of benzene rings is 1. The summed E-state index contributed by atoms with van der Waals surface area (Å²) in [5.41, 5.74) is 1.57. The lowest BCUT2D eigenvalue weighted by Gasteiger charge is -2.24. The number of carbonyl (C=O) groups is 1. The summed E-state index contributed by atoms with van der Waals surface area (Å²) in [5, 5.41) is 22.8. The van der Waals surface area contributed by atoms with E-state index in [9.17, 15) is 15.2 Å². The molecule has 0 saturated carbocycles. The molecule has 0 bridgehead atoms. The number of hydrogen-bond acceptors (Lipinski definition) is 5. The molecule has 0 spiro atoms. The molecule has 0 aliphatic rings. The van der Waals surface area contributed by atoms with Crippen molar-refractivity contribution in [3.63, 3.8) is 0 Å². The van der Waals surface area contributed by atoms with Gasteiger partial charge in [0.25, 0.3) is 0 Å². The van der Waals surface area contributed by atoms with Crippen LogP contribution in [0.1, 0.15) is 26.6 Å². The van der Waals surface area contributed by atoms with E-state index in [4.69, 9.17) is 0 Å². The van der Waals surface area contributed by atoms with E-state index in [1.165, 1.54) is 0 Å². The number of aromatic nitrogens is 2. The van der Waals surface area contributed by atoms with Gasteiger partial charge in [-0.05, 0) is 40.0 Å². The van der Waals surface area contributed by atoms with Gasteiger partial charge in [-0.25, -0.2) is 4.98 Å². The van der Waals surface area contributed by atoms with Crippen molar-refractivity contribution in [1.29, 1.82) is 5.26 Å². The second-order valence-corrected chi connectivity index (χ2v) is 6.29. The molecule has 1 amide bonds. The fourth-order valence-corrected chi connectivity index (χ4v) is 2.45. The first-order valence-corrected chi connectivity index (χ1v) is 8.11. The molecular weight excluding hydrogens is 318 g/mol. The lowest BCUT2D eigenvalue weighted by Crippen LogP contribution is -2.42. The first-order chi connectivity index (χ1) is 11.8. The van der Waals surface area contributed by atoms with Gasteiger partial charge in [0.05, 0.1) is 23.6 Å². The van der Waals surface area contributed by atoms with Gasteiger partial charge in [0.2, 0.25) is 5.91 Å². The molecule has 132 valence electrons. The SMILES string of the molecule is CC(C)NC(=O)CN(C)[C@@H](C)/C(O)=C(\C#N)c1nc2ccccc2[nH]1. The summed E-state index contributed by atoms with van der Waals surface area (Å²) in [7, 11) is 1.72. The number of aliphatic hydroxyl groups is 1. The van der Waals surface area contributed by atoms with Crippen LogP contribution in [-0.4, -0.2) is 51.6 Å². The van der Waals surface area contributed by atoms with E-state index in [0.717, 1.165) is 11.0 Å². The number of allylic oxidation sites excluding steroid dienone is 1. The second-order valence-electron chi connectivity index (χ2n) is 6.29. The predicted molar refractivity (Wildman–Crippen MR) is 96.6 cm³/mol. The van der Waals surface area contributed by atoms with Crippen LogP contribution in [0.2, 0.25) is 0 Å². The summed E-state index contributed by atoms with van der Waals surface area (Å²) in [5.74, 6) is 0.0499. The number of nitrogens with zero attached hydrogens (tertiary/aromatic N) is 3. The number of aliphatic hydroxyl groups excluding tert-OH is 1. The number of carbonyl (C=O) groups excluding carboxylic acids is 1. The van der Waals surface area contributed by atoms with Gasteiger partial charge in [-0.3, -0.25) is 9.69 Å². The van der Waals surface area contributed by atoms with Crippen molar-refractivity contribution in [2.75, 3.05) is 13.6 Å². The maximum Gasteiger partial charge on any atom is 0.234 e. The van der Waals surface area contributed by atoms with Crippen molar-refractivity contribution in [2.45, 2.75) is 32.9 Å². The van der Waals surface area contributed by atoms with Crippen molar-refractivity contribution in [3.8, 4) is 6.07 Å². The molecule has 0 unspecified atom stereocenters. The van der Waals surface area contributed by atoms with E-state index in [-0.39, 0.29) is 29.8 Å². The van der Waals surface area contributed by atoms with Gasteiger partial charge in [-0.15, -0.1) is 0 Å². The normalized spacial score (nSPS) is 13.6. The lowest BCUT2D eigenvalue weighted by atomic mass is 10.1. The molecule has 0 fully saturated rings. The Morgan fingerprint density at radius 2 is 2.08 bits per heavy atom. The lowest BCUT2D eigenvalue weighted by molar-refractivity contribution is -0.122. The molecule has 1 atom stereocenters. The smallest absolute Gasteiger partial charge is 0.234 e. The Hall–Kier alpha value is -2.85. The summed E-state index contributed by atoms with van der Waals surface area (Å²) in [6.07, 6.45) is 0. The molecule has 7 nitrogen and oxygen atoms in total. The molecule has 1 aromatic heterocycles. The average molecular weight is 341 g/mol. The zero-order chi connectivity index (χ0) is 18.6. The van der Waals surface area contributed by atoms with Crippen LogP contribution >= 0.6 is 0 Å². The van der Waals surface area contributed by atoms with Crippen LogP contribution in [0.5, 0.6) is 0 Å². The molecule has 1 aromatic carbocycles. The third kappa shape index (κ3) is 4.37. The number of para-hydroxylation sites is 2. The van der Waals surface area contributed by atoms with Crippen LogP contribution in [0.25, 0.3) is 16.6 Å². The number of nitriles is 1. The van der Waals surface area contributed by atoms with Crippen molar-refractivity contribution < 1.29 is 9.90 Å². The number of imidazole rings is 1. The summed E-state index contributed by atoms with van der Waals surface area (Å²) < 4.78 is 0. The second kappa shape index (κ2) is 7.81. The topological polar surface area (TPSA) is 105 Å².